The van der Waals surface area contributed by atoms with Crippen molar-refractivity contribution in [3.8, 4) is 5.75 Å². The molecule has 1 atom stereocenters. The van der Waals surface area contributed by atoms with Crippen molar-refractivity contribution in [1.29, 1.82) is 0 Å². The Bertz CT molecular complexity index is 1100. The van der Waals surface area contributed by atoms with E-state index in [-0.39, 0.29) is 29.5 Å². The Balaban J connectivity index is 1.53. The Kier molecular flexibility index (Phi) is 6.19. The third-order valence-corrected chi connectivity index (χ3v) is 6.15. The maximum Gasteiger partial charge on any atom is 0.246 e. The lowest BCUT2D eigenvalue weighted by Crippen LogP contribution is -2.45. The standard InChI is InChI=1S/C20H23N3O5S/c1-13-19(15(3)28-22-13)29(25,26)23-14(2)20(24)21-11-12-27-18-10-6-8-16-7-4-5-9-17(16)18/h4-10,14,23H,11-12H2,1-3H3,(H,21,24)/t14-/m0/s1. The van der Waals surface area contributed by atoms with Crippen LogP contribution in [-0.2, 0) is 14.8 Å². The van der Waals surface area contributed by atoms with Crippen molar-refractivity contribution < 1.29 is 22.5 Å². The molecule has 0 saturated carbocycles. The smallest absolute Gasteiger partial charge is 0.246 e. The SMILES string of the molecule is Cc1noc(C)c1S(=O)(=O)N[C@@H](C)C(=O)NCCOc1cccc2ccccc12. The average molecular weight is 417 g/mol. The second-order valence-electron chi connectivity index (χ2n) is 6.61. The van der Waals surface area contributed by atoms with Crippen LogP contribution in [0.25, 0.3) is 10.8 Å². The molecule has 2 aromatic carbocycles. The van der Waals surface area contributed by atoms with Gasteiger partial charge in [-0.1, -0.05) is 41.6 Å². The summed E-state index contributed by atoms with van der Waals surface area (Å²) in [4.78, 5) is 12.2. The van der Waals surface area contributed by atoms with E-state index in [0.29, 0.717) is 0 Å². The number of aromatic nitrogens is 1. The molecule has 29 heavy (non-hydrogen) atoms. The van der Waals surface area contributed by atoms with E-state index in [4.69, 9.17) is 9.26 Å². The summed E-state index contributed by atoms with van der Waals surface area (Å²) in [6.07, 6.45) is 0. The number of hydrogen-bond donors (Lipinski definition) is 2. The van der Waals surface area contributed by atoms with Crippen LogP contribution >= 0.6 is 0 Å². The van der Waals surface area contributed by atoms with Crippen LogP contribution in [0.4, 0.5) is 0 Å². The highest BCUT2D eigenvalue weighted by Gasteiger charge is 2.27. The fourth-order valence-corrected chi connectivity index (χ4v) is 4.55. The van der Waals surface area contributed by atoms with Crippen molar-refractivity contribution >= 4 is 26.7 Å². The molecule has 0 radical (unpaired) electrons. The van der Waals surface area contributed by atoms with Crippen LogP contribution in [0.5, 0.6) is 5.75 Å². The Morgan fingerprint density at radius 3 is 2.62 bits per heavy atom. The number of aryl methyl sites for hydroxylation is 2. The van der Waals surface area contributed by atoms with Crippen LogP contribution < -0.4 is 14.8 Å². The summed E-state index contributed by atoms with van der Waals surface area (Å²) in [7, 11) is -3.92. The number of nitrogens with zero attached hydrogens (tertiary/aromatic N) is 1. The topological polar surface area (TPSA) is 111 Å². The van der Waals surface area contributed by atoms with Crippen molar-refractivity contribution in [3.05, 3.63) is 53.9 Å². The van der Waals surface area contributed by atoms with Gasteiger partial charge in [0, 0.05) is 5.39 Å². The lowest BCUT2D eigenvalue weighted by Gasteiger charge is -2.15. The Morgan fingerprint density at radius 1 is 1.17 bits per heavy atom. The van der Waals surface area contributed by atoms with Crippen LogP contribution in [0.3, 0.4) is 0 Å². The molecule has 0 saturated heterocycles. The highest BCUT2D eigenvalue weighted by atomic mass is 32.2. The lowest BCUT2D eigenvalue weighted by atomic mass is 10.1. The summed E-state index contributed by atoms with van der Waals surface area (Å²) in [6, 6.07) is 12.7. The van der Waals surface area contributed by atoms with Gasteiger partial charge in [0.1, 0.15) is 22.9 Å². The molecule has 1 aromatic heterocycles. The number of carbonyl (C=O) groups excluding carboxylic acids is 1. The van der Waals surface area contributed by atoms with Crippen molar-refractivity contribution in [1.82, 2.24) is 15.2 Å². The predicted molar refractivity (Wildman–Crippen MR) is 108 cm³/mol. The van der Waals surface area contributed by atoms with Gasteiger partial charge in [-0.05, 0) is 32.2 Å². The second-order valence-corrected chi connectivity index (χ2v) is 8.26. The van der Waals surface area contributed by atoms with E-state index in [0.717, 1.165) is 16.5 Å². The van der Waals surface area contributed by atoms with Crippen LogP contribution in [0.15, 0.2) is 51.9 Å². The number of fused-ring (bicyclic) bond motifs is 1. The Hall–Kier alpha value is -2.91. The predicted octanol–water partition coefficient (Wildman–Crippen LogP) is 2.31. The molecule has 0 aliphatic carbocycles. The Morgan fingerprint density at radius 2 is 1.90 bits per heavy atom. The van der Waals surface area contributed by atoms with E-state index in [1.165, 1.54) is 20.8 Å². The van der Waals surface area contributed by atoms with E-state index >= 15 is 0 Å². The minimum Gasteiger partial charge on any atom is -0.491 e. The molecule has 0 aliphatic heterocycles. The van der Waals surface area contributed by atoms with Crippen molar-refractivity contribution in [3.63, 3.8) is 0 Å². The number of sulfonamides is 1. The van der Waals surface area contributed by atoms with E-state index in [1.807, 2.05) is 42.5 Å². The summed E-state index contributed by atoms with van der Waals surface area (Å²) in [5.41, 5.74) is 0.242. The fraction of sp³-hybridized carbons (Fsp3) is 0.300. The van der Waals surface area contributed by atoms with E-state index < -0.39 is 22.0 Å². The zero-order valence-electron chi connectivity index (χ0n) is 16.4. The van der Waals surface area contributed by atoms with Gasteiger partial charge in [-0.15, -0.1) is 0 Å². The molecule has 0 spiro atoms. The van der Waals surface area contributed by atoms with Crippen LogP contribution in [-0.4, -0.2) is 38.7 Å². The second kappa shape index (κ2) is 8.62. The molecular formula is C20H23N3O5S. The molecule has 1 amide bonds. The first-order valence-electron chi connectivity index (χ1n) is 9.13. The summed E-state index contributed by atoms with van der Waals surface area (Å²) < 4.78 is 37.9. The fourth-order valence-electron chi connectivity index (χ4n) is 3.01. The minimum absolute atomic E-state index is 0.0450. The quantitative estimate of drug-likeness (QED) is 0.544. The number of ether oxygens (including phenoxy) is 1. The molecule has 2 N–H and O–H groups in total. The van der Waals surface area contributed by atoms with E-state index in [1.54, 1.807) is 0 Å². The van der Waals surface area contributed by atoms with Gasteiger partial charge in [0.2, 0.25) is 15.9 Å². The average Bonchev–Trinajstić information content (AvgIpc) is 3.03. The lowest BCUT2D eigenvalue weighted by molar-refractivity contribution is -0.122. The van der Waals surface area contributed by atoms with Gasteiger partial charge in [-0.3, -0.25) is 4.79 Å². The third kappa shape index (κ3) is 4.75. The molecule has 9 heteroatoms. The molecule has 0 fully saturated rings. The van der Waals surface area contributed by atoms with E-state index in [9.17, 15) is 13.2 Å². The molecule has 3 rings (SSSR count). The first kappa shape index (κ1) is 20.8. The highest BCUT2D eigenvalue weighted by molar-refractivity contribution is 7.89. The summed E-state index contributed by atoms with van der Waals surface area (Å²) >= 11 is 0. The summed E-state index contributed by atoms with van der Waals surface area (Å²) in [6.45, 7) is 4.99. The molecule has 0 unspecified atom stereocenters. The first-order chi connectivity index (χ1) is 13.8. The molecule has 8 nitrogen and oxygen atoms in total. The maximum atomic E-state index is 12.5. The largest absolute Gasteiger partial charge is 0.491 e. The van der Waals surface area contributed by atoms with Crippen molar-refractivity contribution in [2.24, 2.45) is 0 Å². The van der Waals surface area contributed by atoms with Gasteiger partial charge in [0.25, 0.3) is 0 Å². The number of benzene rings is 2. The zero-order valence-corrected chi connectivity index (χ0v) is 17.2. The number of carbonyl (C=O) groups is 1. The maximum absolute atomic E-state index is 12.5. The molecule has 0 bridgehead atoms. The van der Waals surface area contributed by atoms with Crippen molar-refractivity contribution in [2.45, 2.75) is 31.7 Å². The van der Waals surface area contributed by atoms with Crippen LogP contribution in [0.1, 0.15) is 18.4 Å². The Labute approximate surface area is 169 Å². The van der Waals surface area contributed by atoms with Gasteiger partial charge in [-0.2, -0.15) is 4.72 Å². The van der Waals surface area contributed by atoms with Gasteiger partial charge in [-0.25, -0.2) is 8.42 Å². The highest BCUT2D eigenvalue weighted by Crippen LogP contribution is 2.24. The number of amides is 1. The molecular weight excluding hydrogens is 394 g/mol. The molecule has 1 heterocycles. The van der Waals surface area contributed by atoms with Crippen LogP contribution in [0.2, 0.25) is 0 Å². The monoisotopic (exact) mass is 417 g/mol. The molecule has 0 aliphatic rings. The third-order valence-electron chi connectivity index (χ3n) is 4.37. The number of hydrogen-bond acceptors (Lipinski definition) is 6. The zero-order chi connectivity index (χ0) is 21.0. The van der Waals surface area contributed by atoms with Gasteiger partial charge in [0.05, 0.1) is 12.6 Å². The van der Waals surface area contributed by atoms with Gasteiger partial charge >= 0.3 is 0 Å². The summed E-state index contributed by atoms with van der Waals surface area (Å²) in [5.74, 6) is 0.442. The van der Waals surface area contributed by atoms with Gasteiger partial charge in [0.15, 0.2) is 5.76 Å². The van der Waals surface area contributed by atoms with E-state index in [2.05, 4.69) is 15.2 Å². The first-order valence-corrected chi connectivity index (χ1v) is 10.6. The molecule has 154 valence electrons. The number of nitrogens with one attached hydrogen (secondary N) is 2. The number of rotatable bonds is 8. The summed E-state index contributed by atoms with van der Waals surface area (Å²) in [5, 5.41) is 8.36. The normalized spacial score (nSPS) is 12.7. The van der Waals surface area contributed by atoms with Crippen molar-refractivity contribution in [2.75, 3.05) is 13.2 Å². The molecule has 3 aromatic rings. The minimum atomic E-state index is -3.92. The van der Waals surface area contributed by atoms with Gasteiger partial charge < -0.3 is 14.6 Å². The van der Waals surface area contributed by atoms with Crippen LogP contribution in [0, 0.1) is 13.8 Å².